The normalized spacial score (nSPS) is 15.0. The van der Waals surface area contributed by atoms with Crippen LogP contribution in [0.5, 0.6) is 0 Å². The molecule has 1 aliphatic rings. The molecule has 2 nitrogen and oxygen atoms in total. The van der Waals surface area contributed by atoms with Gasteiger partial charge in [-0.05, 0) is 25.0 Å². The van der Waals surface area contributed by atoms with Gasteiger partial charge < -0.3 is 5.32 Å². The van der Waals surface area contributed by atoms with E-state index >= 15 is 0 Å². The predicted octanol–water partition coefficient (Wildman–Crippen LogP) is 3.34. The molecule has 1 N–H and O–H groups in total. The van der Waals surface area contributed by atoms with E-state index in [1.54, 1.807) is 0 Å². The number of nitrogens with one attached hydrogen (secondary N) is 1. The number of hydrogen-bond acceptors (Lipinski definition) is 3. The van der Waals surface area contributed by atoms with Gasteiger partial charge in [-0.15, -0.1) is 11.3 Å². The van der Waals surface area contributed by atoms with Crippen molar-refractivity contribution in [1.29, 1.82) is 0 Å². The van der Waals surface area contributed by atoms with Crippen LogP contribution in [0.1, 0.15) is 18.5 Å². The molecule has 1 aromatic heterocycles. The molecule has 94 valence electrons. The summed E-state index contributed by atoms with van der Waals surface area (Å²) in [5.41, 5.74) is 1.27. The van der Waals surface area contributed by atoms with Crippen LogP contribution in [-0.2, 0) is 6.54 Å². The molecule has 3 rings (SSSR count). The van der Waals surface area contributed by atoms with Crippen molar-refractivity contribution in [1.82, 2.24) is 10.3 Å². The molecule has 0 spiro atoms. The maximum Gasteiger partial charge on any atom is 0.136 e. The molecule has 0 radical (unpaired) electrons. The first-order valence-electron chi connectivity index (χ1n) is 5.85. The molecule has 5 heteroatoms. The van der Waals surface area contributed by atoms with E-state index in [9.17, 15) is 8.78 Å². The Kier molecular flexibility index (Phi) is 3.09. The Balaban J connectivity index is 1.78. The van der Waals surface area contributed by atoms with Gasteiger partial charge in [0.05, 0.1) is 5.69 Å². The quantitative estimate of drug-likeness (QED) is 0.918. The highest BCUT2D eigenvalue weighted by Crippen LogP contribution is 2.27. The summed E-state index contributed by atoms with van der Waals surface area (Å²) in [6, 6.07) is 4.19. The highest BCUT2D eigenvalue weighted by Gasteiger charge is 2.20. The van der Waals surface area contributed by atoms with Crippen LogP contribution in [-0.4, -0.2) is 11.0 Å². The number of halogens is 2. The fraction of sp³-hybridized carbons (Fsp3) is 0.308. The molecule has 1 heterocycles. The number of thiazole rings is 1. The van der Waals surface area contributed by atoms with Crippen molar-refractivity contribution >= 4 is 11.3 Å². The van der Waals surface area contributed by atoms with Gasteiger partial charge in [-0.3, -0.25) is 0 Å². The zero-order valence-electron chi connectivity index (χ0n) is 9.62. The first-order valence-corrected chi connectivity index (χ1v) is 6.73. The van der Waals surface area contributed by atoms with Gasteiger partial charge in [-0.2, -0.15) is 0 Å². The third-order valence-corrected chi connectivity index (χ3v) is 3.79. The van der Waals surface area contributed by atoms with Crippen molar-refractivity contribution in [3.05, 3.63) is 40.9 Å². The monoisotopic (exact) mass is 266 g/mol. The van der Waals surface area contributed by atoms with Crippen LogP contribution in [0.25, 0.3) is 10.6 Å². The average molecular weight is 266 g/mol. The molecule has 0 atom stereocenters. The van der Waals surface area contributed by atoms with E-state index in [0.29, 0.717) is 23.2 Å². The highest BCUT2D eigenvalue weighted by atomic mass is 32.1. The summed E-state index contributed by atoms with van der Waals surface area (Å²) in [6.45, 7) is 0.712. The van der Waals surface area contributed by atoms with E-state index < -0.39 is 11.6 Å². The maximum atomic E-state index is 13.6. The fourth-order valence-electron chi connectivity index (χ4n) is 1.71. The molecule has 0 amide bonds. The van der Waals surface area contributed by atoms with Crippen molar-refractivity contribution in [2.75, 3.05) is 0 Å². The molecular weight excluding hydrogens is 254 g/mol. The SMILES string of the molecule is Fc1ccc(-c2nc(CNC3CC3)cs2)c(F)c1. The van der Waals surface area contributed by atoms with Gasteiger partial charge in [-0.25, -0.2) is 13.8 Å². The lowest BCUT2D eigenvalue weighted by Gasteiger charge is -1.99. The Bertz CT molecular complexity index is 564. The van der Waals surface area contributed by atoms with Crippen LogP contribution in [0.4, 0.5) is 8.78 Å². The van der Waals surface area contributed by atoms with Crippen molar-refractivity contribution in [3.8, 4) is 10.6 Å². The lowest BCUT2D eigenvalue weighted by atomic mass is 10.2. The molecule has 1 fully saturated rings. The van der Waals surface area contributed by atoms with Crippen molar-refractivity contribution in [3.63, 3.8) is 0 Å². The largest absolute Gasteiger partial charge is 0.308 e. The molecule has 1 aliphatic carbocycles. The summed E-state index contributed by atoms with van der Waals surface area (Å²) < 4.78 is 26.4. The summed E-state index contributed by atoms with van der Waals surface area (Å²) in [5.74, 6) is -1.13. The molecule has 0 saturated heterocycles. The molecule has 1 saturated carbocycles. The Morgan fingerprint density at radius 2 is 2.17 bits per heavy atom. The van der Waals surface area contributed by atoms with Gasteiger partial charge in [0.2, 0.25) is 0 Å². The van der Waals surface area contributed by atoms with Gasteiger partial charge >= 0.3 is 0 Å². The number of aromatic nitrogens is 1. The lowest BCUT2D eigenvalue weighted by molar-refractivity contribution is 0.585. The molecule has 0 bridgehead atoms. The summed E-state index contributed by atoms with van der Waals surface area (Å²) >= 11 is 1.38. The summed E-state index contributed by atoms with van der Waals surface area (Å²) in [6.07, 6.45) is 2.45. The molecular formula is C13H12F2N2S. The second-order valence-electron chi connectivity index (χ2n) is 4.42. The lowest BCUT2D eigenvalue weighted by Crippen LogP contribution is -2.15. The Hall–Kier alpha value is -1.33. The summed E-state index contributed by atoms with van der Waals surface area (Å²) in [5, 5.41) is 5.86. The van der Waals surface area contributed by atoms with E-state index in [-0.39, 0.29) is 0 Å². The molecule has 2 aromatic rings. The van der Waals surface area contributed by atoms with Crippen LogP contribution in [0.15, 0.2) is 23.6 Å². The third-order valence-electron chi connectivity index (χ3n) is 2.86. The van der Waals surface area contributed by atoms with E-state index in [1.807, 2.05) is 5.38 Å². The molecule has 1 aromatic carbocycles. The predicted molar refractivity (Wildman–Crippen MR) is 67.3 cm³/mol. The number of hydrogen-bond donors (Lipinski definition) is 1. The van der Waals surface area contributed by atoms with E-state index in [1.165, 1.54) is 36.3 Å². The fourth-order valence-corrected chi connectivity index (χ4v) is 2.56. The third kappa shape index (κ3) is 2.57. The average Bonchev–Trinajstić information content (AvgIpc) is 3.05. The van der Waals surface area contributed by atoms with Crippen LogP contribution in [0.3, 0.4) is 0 Å². The number of benzene rings is 1. The Morgan fingerprint density at radius 3 is 2.89 bits per heavy atom. The second kappa shape index (κ2) is 4.74. The van der Waals surface area contributed by atoms with Gasteiger partial charge in [0.25, 0.3) is 0 Å². The number of rotatable bonds is 4. The van der Waals surface area contributed by atoms with E-state index in [0.717, 1.165) is 11.8 Å². The van der Waals surface area contributed by atoms with Gasteiger partial charge in [-0.1, -0.05) is 0 Å². The summed E-state index contributed by atoms with van der Waals surface area (Å²) in [4.78, 5) is 4.36. The second-order valence-corrected chi connectivity index (χ2v) is 5.28. The molecule has 0 unspecified atom stereocenters. The maximum absolute atomic E-state index is 13.6. The van der Waals surface area contributed by atoms with E-state index in [2.05, 4.69) is 10.3 Å². The van der Waals surface area contributed by atoms with Crippen LogP contribution < -0.4 is 5.32 Å². The summed E-state index contributed by atoms with van der Waals surface area (Å²) in [7, 11) is 0. The Labute approximate surface area is 108 Å². The molecule has 0 aliphatic heterocycles. The van der Waals surface area contributed by atoms with Gasteiger partial charge in [0.1, 0.15) is 16.6 Å². The first kappa shape index (κ1) is 11.7. The van der Waals surface area contributed by atoms with E-state index in [4.69, 9.17) is 0 Å². The Morgan fingerprint density at radius 1 is 1.33 bits per heavy atom. The van der Waals surface area contributed by atoms with Crippen molar-refractivity contribution < 1.29 is 8.78 Å². The minimum absolute atomic E-state index is 0.360. The van der Waals surface area contributed by atoms with Crippen LogP contribution in [0, 0.1) is 11.6 Å². The number of nitrogens with zero attached hydrogens (tertiary/aromatic N) is 1. The minimum atomic E-state index is -0.566. The van der Waals surface area contributed by atoms with Crippen LogP contribution >= 0.6 is 11.3 Å². The van der Waals surface area contributed by atoms with Gasteiger partial charge in [0.15, 0.2) is 0 Å². The van der Waals surface area contributed by atoms with Crippen LogP contribution in [0.2, 0.25) is 0 Å². The topological polar surface area (TPSA) is 24.9 Å². The minimum Gasteiger partial charge on any atom is -0.308 e. The highest BCUT2D eigenvalue weighted by molar-refractivity contribution is 7.13. The van der Waals surface area contributed by atoms with Gasteiger partial charge in [0, 0.05) is 29.6 Å². The van der Waals surface area contributed by atoms with Crippen molar-refractivity contribution in [2.24, 2.45) is 0 Å². The molecule has 18 heavy (non-hydrogen) atoms. The first-order chi connectivity index (χ1) is 8.72. The smallest absolute Gasteiger partial charge is 0.136 e. The van der Waals surface area contributed by atoms with Crippen molar-refractivity contribution in [2.45, 2.75) is 25.4 Å². The standard InChI is InChI=1S/C13H12F2N2S/c14-8-1-4-11(12(15)5-8)13-17-10(7-18-13)6-16-9-2-3-9/h1,4-5,7,9,16H,2-3,6H2. The zero-order valence-corrected chi connectivity index (χ0v) is 10.4. The zero-order chi connectivity index (χ0) is 12.5.